The predicted octanol–water partition coefficient (Wildman–Crippen LogP) is 2.87. The van der Waals surface area contributed by atoms with Gasteiger partial charge < -0.3 is 20.1 Å². The van der Waals surface area contributed by atoms with Gasteiger partial charge in [-0.2, -0.15) is 0 Å². The maximum atomic E-state index is 12.5. The van der Waals surface area contributed by atoms with Crippen LogP contribution in [0.25, 0.3) is 11.3 Å². The van der Waals surface area contributed by atoms with Gasteiger partial charge in [0.15, 0.2) is 16.6 Å². The van der Waals surface area contributed by atoms with Crippen LogP contribution in [0, 0.1) is 11.3 Å². The molecule has 1 saturated carbocycles. The number of aromatic nitrogens is 1. The predicted molar refractivity (Wildman–Crippen MR) is 94.9 cm³/mol. The molecule has 2 aromatic rings. The molecule has 6 nitrogen and oxygen atoms in total. The van der Waals surface area contributed by atoms with Gasteiger partial charge in [-0.15, -0.1) is 11.3 Å². The fourth-order valence-corrected chi connectivity index (χ4v) is 4.63. The van der Waals surface area contributed by atoms with Crippen LogP contribution in [-0.4, -0.2) is 30.8 Å². The zero-order valence-corrected chi connectivity index (χ0v) is 14.5. The molecule has 7 heteroatoms. The van der Waals surface area contributed by atoms with Crippen LogP contribution >= 0.6 is 11.3 Å². The molecule has 1 spiro atoms. The Balaban J connectivity index is 1.28. The van der Waals surface area contributed by atoms with Crippen molar-refractivity contribution >= 4 is 22.4 Å². The summed E-state index contributed by atoms with van der Waals surface area (Å²) in [5, 5.41) is 9.00. The van der Waals surface area contributed by atoms with Crippen molar-refractivity contribution in [3.8, 4) is 22.8 Å². The van der Waals surface area contributed by atoms with E-state index in [0.717, 1.165) is 55.1 Å². The third-order valence-corrected chi connectivity index (χ3v) is 6.27. The first-order valence-electron chi connectivity index (χ1n) is 8.61. The Morgan fingerprint density at radius 3 is 3.00 bits per heavy atom. The summed E-state index contributed by atoms with van der Waals surface area (Å²) in [6.45, 7) is 2.31. The summed E-state index contributed by atoms with van der Waals surface area (Å²) in [5.41, 5.74) is 2.04. The van der Waals surface area contributed by atoms with Gasteiger partial charge in [-0.3, -0.25) is 4.79 Å². The summed E-state index contributed by atoms with van der Waals surface area (Å²) in [5.74, 6) is 1.76. The number of amides is 1. The van der Waals surface area contributed by atoms with Crippen LogP contribution in [0.4, 0.5) is 5.13 Å². The molecule has 1 amide bonds. The Hall–Kier alpha value is -2.12. The van der Waals surface area contributed by atoms with E-state index in [2.05, 4.69) is 15.6 Å². The number of hydrogen-bond donors (Lipinski definition) is 2. The zero-order valence-electron chi connectivity index (χ0n) is 13.7. The standard InChI is InChI=1S/C18H19N3O3S/c22-16(12-8-18(12)3-5-19-6-4-18)21-17-20-13(9-25-17)11-1-2-14-15(7-11)24-10-23-14/h1-2,7,9,12,19H,3-6,8,10H2,(H,20,21,22). The lowest BCUT2D eigenvalue weighted by molar-refractivity contribution is -0.118. The van der Waals surface area contributed by atoms with Gasteiger partial charge in [0, 0.05) is 16.9 Å². The molecule has 2 aliphatic heterocycles. The third kappa shape index (κ3) is 2.67. The number of ether oxygens (including phenoxy) is 2. The molecule has 5 rings (SSSR count). The van der Waals surface area contributed by atoms with Gasteiger partial charge in [-0.1, -0.05) is 0 Å². The molecule has 0 radical (unpaired) electrons. The number of carbonyl (C=O) groups excluding carboxylic acids is 1. The maximum absolute atomic E-state index is 12.5. The first-order valence-corrected chi connectivity index (χ1v) is 9.49. The lowest BCUT2D eigenvalue weighted by atomic mass is 9.92. The minimum absolute atomic E-state index is 0.119. The minimum atomic E-state index is 0.119. The van der Waals surface area contributed by atoms with Crippen molar-refractivity contribution in [3.63, 3.8) is 0 Å². The van der Waals surface area contributed by atoms with Crippen LogP contribution in [0.1, 0.15) is 19.3 Å². The van der Waals surface area contributed by atoms with E-state index in [1.165, 1.54) is 11.3 Å². The summed E-state index contributed by atoms with van der Waals surface area (Å²) < 4.78 is 10.7. The van der Waals surface area contributed by atoms with Crippen molar-refractivity contribution in [1.82, 2.24) is 10.3 Å². The molecule has 2 fully saturated rings. The van der Waals surface area contributed by atoms with E-state index < -0.39 is 0 Å². The molecule has 2 N–H and O–H groups in total. The number of nitrogens with zero attached hydrogens (tertiary/aromatic N) is 1. The van der Waals surface area contributed by atoms with Crippen molar-refractivity contribution in [2.75, 3.05) is 25.2 Å². The number of anilines is 1. The molecule has 130 valence electrons. The molecule has 1 saturated heterocycles. The second-order valence-electron chi connectivity index (χ2n) is 6.96. The second kappa shape index (κ2) is 5.71. The maximum Gasteiger partial charge on any atom is 0.231 e. The molecule has 3 aliphatic rings. The number of hydrogen-bond acceptors (Lipinski definition) is 6. The lowest BCUT2D eigenvalue weighted by Crippen LogP contribution is -2.31. The molecular formula is C18H19N3O3S. The van der Waals surface area contributed by atoms with Gasteiger partial charge in [0.2, 0.25) is 12.7 Å². The van der Waals surface area contributed by atoms with Gasteiger partial charge in [0.05, 0.1) is 5.69 Å². The van der Waals surface area contributed by atoms with E-state index in [0.29, 0.717) is 5.13 Å². The van der Waals surface area contributed by atoms with Gasteiger partial charge in [0.1, 0.15) is 0 Å². The topological polar surface area (TPSA) is 72.5 Å². The molecule has 1 aromatic heterocycles. The van der Waals surface area contributed by atoms with Gasteiger partial charge >= 0.3 is 0 Å². The molecule has 0 bridgehead atoms. The van der Waals surface area contributed by atoms with E-state index in [1.807, 2.05) is 23.6 Å². The summed E-state index contributed by atoms with van der Waals surface area (Å²) in [6.07, 6.45) is 3.22. The van der Waals surface area contributed by atoms with Crippen molar-refractivity contribution in [2.24, 2.45) is 11.3 Å². The Morgan fingerprint density at radius 2 is 2.12 bits per heavy atom. The van der Waals surface area contributed by atoms with Crippen LogP contribution in [0.5, 0.6) is 11.5 Å². The van der Waals surface area contributed by atoms with E-state index >= 15 is 0 Å². The normalized spacial score (nSPS) is 22.8. The highest BCUT2D eigenvalue weighted by Gasteiger charge is 2.57. The highest BCUT2D eigenvalue weighted by molar-refractivity contribution is 7.14. The molecule has 1 unspecified atom stereocenters. The number of thiazole rings is 1. The Labute approximate surface area is 149 Å². The average molecular weight is 357 g/mol. The Bertz CT molecular complexity index is 829. The lowest BCUT2D eigenvalue weighted by Gasteiger charge is -2.22. The highest BCUT2D eigenvalue weighted by Crippen LogP contribution is 2.58. The van der Waals surface area contributed by atoms with E-state index in [-0.39, 0.29) is 24.0 Å². The fraction of sp³-hybridized carbons (Fsp3) is 0.444. The van der Waals surface area contributed by atoms with Crippen LogP contribution in [0.2, 0.25) is 0 Å². The smallest absolute Gasteiger partial charge is 0.231 e. The largest absolute Gasteiger partial charge is 0.454 e. The highest BCUT2D eigenvalue weighted by atomic mass is 32.1. The Kier molecular flexibility index (Phi) is 3.46. The number of carbonyl (C=O) groups is 1. The quantitative estimate of drug-likeness (QED) is 0.884. The van der Waals surface area contributed by atoms with E-state index in [4.69, 9.17) is 9.47 Å². The van der Waals surface area contributed by atoms with E-state index in [9.17, 15) is 4.79 Å². The van der Waals surface area contributed by atoms with Crippen LogP contribution in [-0.2, 0) is 4.79 Å². The molecule has 1 aliphatic carbocycles. The van der Waals surface area contributed by atoms with Gasteiger partial charge in [-0.25, -0.2) is 4.98 Å². The number of benzene rings is 1. The number of piperidine rings is 1. The number of rotatable bonds is 3. The summed E-state index contributed by atoms with van der Waals surface area (Å²) in [7, 11) is 0. The SMILES string of the molecule is O=C(Nc1nc(-c2ccc3c(c2)OCO3)cs1)C1CC12CCNCC2. The summed E-state index contributed by atoms with van der Waals surface area (Å²) >= 11 is 1.46. The number of fused-ring (bicyclic) bond motifs is 1. The minimum Gasteiger partial charge on any atom is -0.454 e. The number of nitrogens with one attached hydrogen (secondary N) is 2. The second-order valence-corrected chi connectivity index (χ2v) is 7.82. The van der Waals surface area contributed by atoms with Crippen molar-refractivity contribution in [2.45, 2.75) is 19.3 Å². The Morgan fingerprint density at radius 1 is 1.28 bits per heavy atom. The van der Waals surface area contributed by atoms with Crippen LogP contribution in [0.15, 0.2) is 23.6 Å². The van der Waals surface area contributed by atoms with E-state index in [1.54, 1.807) is 0 Å². The molecular weight excluding hydrogens is 338 g/mol. The monoisotopic (exact) mass is 357 g/mol. The van der Waals surface area contributed by atoms with Crippen molar-refractivity contribution in [1.29, 1.82) is 0 Å². The van der Waals surface area contributed by atoms with Crippen molar-refractivity contribution < 1.29 is 14.3 Å². The average Bonchev–Trinajstić information content (AvgIpc) is 3.01. The van der Waals surface area contributed by atoms with Crippen LogP contribution in [0.3, 0.4) is 0 Å². The first kappa shape index (κ1) is 15.2. The van der Waals surface area contributed by atoms with Gasteiger partial charge in [0.25, 0.3) is 0 Å². The van der Waals surface area contributed by atoms with Gasteiger partial charge in [-0.05, 0) is 56.0 Å². The molecule has 1 atom stereocenters. The van der Waals surface area contributed by atoms with Crippen LogP contribution < -0.4 is 20.1 Å². The zero-order chi connectivity index (χ0) is 16.9. The summed E-state index contributed by atoms with van der Waals surface area (Å²) in [6, 6.07) is 5.77. The molecule has 1 aromatic carbocycles. The fourth-order valence-electron chi connectivity index (χ4n) is 3.91. The van der Waals surface area contributed by atoms with Crippen molar-refractivity contribution in [3.05, 3.63) is 23.6 Å². The molecule has 25 heavy (non-hydrogen) atoms. The first-order chi connectivity index (χ1) is 12.2. The summed E-state index contributed by atoms with van der Waals surface area (Å²) in [4.78, 5) is 17.1. The molecule has 3 heterocycles. The third-order valence-electron chi connectivity index (χ3n) is 5.51.